The van der Waals surface area contributed by atoms with E-state index in [1.807, 2.05) is 31.2 Å². The van der Waals surface area contributed by atoms with E-state index in [2.05, 4.69) is 43.3 Å². The van der Waals surface area contributed by atoms with Gasteiger partial charge in [0.2, 0.25) is 24.0 Å². The number of carbonyl (C=O) groups is 5. The molecule has 75 heavy (non-hydrogen) atoms. The van der Waals surface area contributed by atoms with Crippen LogP contribution in [-0.4, -0.2) is 137 Å². The maximum Gasteiger partial charge on any atom is 0.430 e. The van der Waals surface area contributed by atoms with Crippen LogP contribution in [0, 0.1) is 18.6 Å². The summed E-state index contributed by atoms with van der Waals surface area (Å²) >= 11 is 0. The number of ketones is 1. The fourth-order valence-electron chi connectivity index (χ4n) is 10.6. The molecule has 0 bridgehead atoms. The Balaban J connectivity index is 0.830. The number of likely N-dealkylation sites (tertiary alicyclic amines) is 1. The van der Waals surface area contributed by atoms with E-state index in [1.165, 1.54) is 37.4 Å². The Hall–Kier alpha value is -6.68. The van der Waals surface area contributed by atoms with Gasteiger partial charge in [0, 0.05) is 80.3 Å². The highest BCUT2D eigenvalue weighted by Gasteiger charge is 2.44. The molecule has 0 saturated carbocycles. The van der Waals surface area contributed by atoms with Crippen molar-refractivity contribution in [2.45, 2.75) is 109 Å². The summed E-state index contributed by atoms with van der Waals surface area (Å²) in [6.07, 6.45) is 3.74. The lowest BCUT2D eigenvalue weighted by atomic mass is 9.85. The molecule has 2 aromatic heterocycles. The highest BCUT2D eigenvalue weighted by molar-refractivity contribution is 7.91. The SMILES string of the molecule is Cc1ccc(C2CCN(CC3(O)CCN(c4ccc(-c5cnc6[nH]cc(C(=O)c7c(F)ccc(N(C(=O)OC(C)(C)C)S(=O)(=O)N8CCC(F)C8)c7F)c6c5)cc4)CC3)CC2)cc1CN(C=O)C1CCC(=O)NC1=O. The molecule has 21 heteroatoms. The highest BCUT2D eigenvalue weighted by Crippen LogP contribution is 2.37. The van der Waals surface area contributed by atoms with Gasteiger partial charge in [0.15, 0.2) is 5.82 Å². The van der Waals surface area contributed by atoms with Crippen LogP contribution in [0.25, 0.3) is 22.2 Å². The third-order valence-corrected chi connectivity index (χ3v) is 16.6. The summed E-state index contributed by atoms with van der Waals surface area (Å²) < 4.78 is 80.1. The third-order valence-electron chi connectivity index (χ3n) is 14.8. The van der Waals surface area contributed by atoms with Crippen molar-refractivity contribution in [3.8, 4) is 11.1 Å². The Morgan fingerprint density at radius 3 is 2.32 bits per heavy atom. The molecule has 4 fully saturated rings. The average Bonchev–Trinajstić information content (AvgIpc) is 4.02. The molecule has 398 valence electrons. The zero-order valence-corrected chi connectivity index (χ0v) is 43.1. The monoisotopic (exact) mass is 1050 g/mol. The second-order valence-corrected chi connectivity index (χ2v) is 22.9. The van der Waals surface area contributed by atoms with Gasteiger partial charge in [-0.2, -0.15) is 17.0 Å². The number of halogens is 3. The van der Waals surface area contributed by atoms with E-state index >= 15 is 8.78 Å². The van der Waals surface area contributed by atoms with Crippen molar-refractivity contribution in [3.63, 3.8) is 0 Å². The number of nitrogens with zero attached hydrogens (tertiary/aromatic N) is 6. The zero-order chi connectivity index (χ0) is 53.6. The van der Waals surface area contributed by atoms with Crippen LogP contribution in [0.1, 0.15) is 104 Å². The summed E-state index contributed by atoms with van der Waals surface area (Å²) in [5, 5.41) is 14.4. The fraction of sp³-hybridized carbons (Fsp3) is 0.444. The van der Waals surface area contributed by atoms with Gasteiger partial charge in [-0.1, -0.05) is 30.3 Å². The minimum absolute atomic E-state index is 0.00255. The number of aryl methyl sites for hydroxylation is 1. The number of benzene rings is 3. The molecule has 2 unspecified atom stereocenters. The van der Waals surface area contributed by atoms with E-state index in [0.29, 0.717) is 73.2 Å². The first-order valence-electron chi connectivity index (χ1n) is 25.2. The first kappa shape index (κ1) is 53.2. The molecule has 6 heterocycles. The number of hydrogen-bond donors (Lipinski definition) is 3. The van der Waals surface area contributed by atoms with Crippen molar-refractivity contribution in [1.29, 1.82) is 0 Å². The van der Waals surface area contributed by atoms with Gasteiger partial charge in [-0.05, 0) is 138 Å². The molecule has 17 nitrogen and oxygen atoms in total. The topological polar surface area (TPSA) is 206 Å². The van der Waals surface area contributed by atoms with Gasteiger partial charge in [0.1, 0.15) is 35.0 Å². The molecule has 9 rings (SSSR count). The molecule has 0 spiro atoms. The molecule has 0 aliphatic carbocycles. The summed E-state index contributed by atoms with van der Waals surface area (Å²) in [5.74, 6) is -4.58. The van der Waals surface area contributed by atoms with Crippen molar-refractivity contribution in [1.82, 2.24) is 29.4 Å². The Morgan fingerprint density at radius 2 is 1.67 bits per heavy atom. The molecule has 4 aliphatic rings. The highest BCUT2D eigenvalue weighted by atomic mass is 32.2. The van der Waals surface area contributed by atoms with E-state index in [0.717, 1.165) is 48.3 Å². The molecular weight excluding hydrogens is 994 g/mol. The first-order chi connectivity index (χ1) is 35.6. The van der Waals surface area contributed by atoms with Crippen LogP contribution < -0.4 is 14.5 Å². The number of rotatable bonds is 14. The van der Waals surface area contributed by atoms with Crippen LogP contribution in [0.15, 0.2) is 73.1 Å². The first-order valence-corrected chi connectivity index (χ1v) is 26.6. The Bertz CT molecular complexity index is 3130. The minimum atomic E-state index is -4.97. The number of fused-ring (bicyclic) bond motifs is 1. The van der Waals surface area contributed by atoms with Crippen molar-refractivity contribution in [2.24, 2.45) is 0 Å². The van der Waals surface area contributed by atoms with Gasteiger partial charge >= 0.3 is 16.3 Å². The predicted octanol–water partition coefficient (Wildman–Crippen LogP) is 7.05. The molecule has 5 aromatic rings. The van der Waals surface area contributed by atoms with Crippen molar-refractivity contribution in [2.75, 3.05) is 55.0 Å². The van der Waals surface area contributed by atoms with Gasteiger partial charge in [-0.3, -0.25) is 24.5 Å². The second-order valence-electron chi connectivity index (χ2n) is 21.1. The summed E-state index contributed by atoms with van der Waals surface area (Å²) in [5.41, 5.74) is 1.27. The number of hydrogen-bond acceptors (Lipinski definition) is 12. The largest absolute Gasteiger partial charge is 0.443 e. The number of β-amino-alcohol motifs (C(OH)–C–C–N with tert-alkyl or cyclic N) is 1. The van der Waals surface area contributed by atoms with Crippen LogP contribution in [0.5, 0.6) is 0 Å². The van der Waals surface area contributed by atoms with Crippen LogP contribution in [-0.2, 0) is 35.9 Å². The summed E-state index contributed by atoms with van der Waals surface area (Å²) in [7, 11) is -4.97. The maximum absolute atomic E-state index is 16.6. The van der Waals surface area contributed by atoms with Gasteiger partial charge in [-0.15, -0.1) is 0 Å². The summed E-state index contributed by atoms with van der Waals surface area (Å²) in [4.78, 5) is 77.2. The van der Waals surface area contributed by atoms with E-state index in [4.69, 9.17) is 4.74 Å². The van der Waals surface area contributed by atoms with Gasteiger partial charge in [-0.25, -0.2) is 22.9 Å². The van der Waals surface area contributed by atoms with Gasteiger partial charge in [0.05, 0.1) is 11.2 Å². The molecular formula is C54H61F3N8O9S. The van der Waals surface area contributed by atoms with Gasteiger partial charge in [0.25, 0.3) is 0 Å². The van der Waals surface area contributed by atoms with Crippen LogP contribution in [0.3, 0.4) is 0 Å². The predicted molar refractivity (Wildman–Crippen MR) is 274 cm³/mol. The molecule has 4 saturated heterocycles. The normalized spacial score (nSPS) is 20.0. The average molecular weight is 1060 g/mol. The van der Waals surface area contributed by atoms with E-state index in [-0.39, 0.29) is 52.7 Å². The van der Waals surface area contributed by atoms with Crippen molar-refractivity contribution in [3.05, 3.63) is 113 Å². The number of imide groups is 1. The number of aromatic nitrogens is 2. The number of piperidine rings is 3. The lowest BCUT2D eigenvalue weighted by Gasteiger charge is -2.43. The Labute approximate surface area is 433 Å². The second kappa shape index (κ2) is 21.2. The number of alkyl halides is 1. The number of ether oxygens (including phenoxy) is 1. The number of carbonyl (C=O) groups excluding carboxylic acids is 5. The van der Waals surface area contributed by atoms with E-state index < -0.39 is 80.8 Å². The number of anilines is 2. The molecule has 2 atom stereocenters. The van der Waals surface area contributed by atoms with Gasteiger partial charge < -0.3 is 29.5 Å². The molecule has 4 aliphatic heterocycles. The standard InChI is InChI=1S/C54H61F3N8O9S/c1-33-5-6-36(25-38(33)29-63(32-66)45-13-14-46(67)60-51(45)69)35-15-20-61(21-16-35)31-54(71)18-23-62(24-19-54)40-9-7-34(8-10-40)37-26-41-42(28-59-50(41)58-27-37)49(68)47-43(56)11-12-44(48(47)57)65(52(70)74-53(2,3)4)75(72,73)64-22-17-39(55)30-64/h5-12,25-28,32,35,39,45,71H,13-24,29-31H2,1-4H3,(H,58,59)(H,60,67,69). The van der Waals surface area contributed by atoms with Crippen molar-refractivity contribution < 1.29 is 55.4 Å². The van der Waals surface area contributed by atoms with Crippen LogP contribution in [0.2, 0.25) is 0 Å². The summed E-state index contributed by atoms with van der Waals surface area (Å²) in [6, 6.07) is 16.4. The Kier molecular flexibility index (Phi) is 15.0. The number of aromatic amines is 1. The molecule has 4 amide bonds. The third kappa shape index (κ3) is 11.3. The minimum Gasteiger partial charge on any atom is -0.443 e. The lowest BCUT2D eigenvalue weighted by molar-refractivity contribution is -0.141. The molecule has 0 radical (unpaired) electrons. The molecule has 3 N–H and O–H groups in total. The van der Waals surface area contributed by atoms with E-state index in [1.54, 1.807) is 12.3 Å². The van der Waals surface area contributed by atoms with Crippen molar-refractivity contribution >= 4 is 62.7 Å². The quantitative estimate of drug-likeness (QED) is 0.0582. The smallest absolute Gasteiger partial charge is 0.430 e. The maximum atomic E-state index is 16.6. The lowest BCUT2D eigenvalue weighted by Crippen LogP contribution is -2.52. The number of amides is 4. The number of nitrogens with one attached hydrogen (secondary N) is 2. The zero-order valence-electron chi connectivity index (χ0n) is 42.3. The molecule has 3 aromatic carbocycles. The van der Waals surface area contributed by atoms with Crippen LogP contribution >= 0.6 is 0 Å². The fourth-order valence-corrected chi connectivity index (χ4v) is 12.1. The van der Waals surface area contributed by atoms with Crippen LogP contribution in [0.4, 0.5) is 29.3 Å². The summed E-state index contributed by atoms with van der Waals surface area (Å²) in [6.45, 7) is 9.20. The number of H-pyrrole nitrogens is 1. The van der Waals surface area contributed by atoms with E-state index in [9.17, 15) is 41.9 Å². The number of pyridine rings is 1. The number of aliphatic hydroxyl groups is 1. The Morgan fingerprint density at radius 1 is 0.947 bits per heavy atom.